The van der Waals surface area contributed by atoms with Crippen molar-refractivity contribution in [1.82, 2.24) is 0 Å². The molecule has 0 unspecified atom stereocenters. The molecule has 0 aromatic heterocycles. The summed E-state index contributed by atoms with van der Waals surface area (Å²) < 4.78 is 36.7. The number of hydrogen-bond donors (Lipinski definition) is 0. The highest BCUT2D eigenvalue weighted by Gasteiger charge is 2.30. The maximum absolute atomic E-state index is 12.2. The Balaban J connectivity index is 0.000000238. The van der Waals surface area contributed by atoms with Gasteiger partial charge in [0, 0.05) is 0 Å². The summed E-state index contributed by atoms with van der Waals surface area (Å²) in [6.07, 6.45) is -4.23. The molecule has 0 aliphatic heterocycles. The van der Waals surface area contributed by atoms with E-state index in [-0.39, 0.29) is 5.92 Å². The van der Waals surface area contributed by atoms with Gasteiger partial charge in [-0.3, -0.25) is 0 Å². The van der Waals surface area contributed by atoms with Crippen LogP contribution in [0.25, 0.3) is 0 Å². The number of alkyl halides is 3. The highest BCUT2D eigenvalue weighted by molar-refractivity contribution is 5.27. The van der Waals surface area contributed by atoms with E-state index in [1.807, 2.05) is 13.8 Å². The van der Waals surface area contributed by atoms with Crippen molar-refractivity contribution in [3.63, 3.8) is 0 Å². The standard InChI is InChI=1S/C10H11F3.C10H14/c1-7(2)8-4-3-5-9(6-8)10(11,12)13;1-8(2)10-6-4-5-9(3)7-10/h3-7H,1-2H3;4-8H,1-3H3. The van der Waals surface area contributed by atoms with Gasteiger partial charge in [-0.25, -0.2) is 0 Å². The third-order valence-corrected chi connectivity index (χ3v) is 3.59. The first-order chi connectivity index (χ1) is 10.6. The summed E-state index contributed by atoms with van der Waals surface area (Å²) in [4.78, 5) is 0. The Bertz CT molecular complexity index is 610. The molecule has 0 saturated carbocycles. The Morgan fingerprint density at radius 3 is 1.61 bits per heavy atom. The van der Waals surface area contributed by atoms with Crippen molar-refractivity contribution < 1.29 is 13.2 Å². The van der Waals surface area contributed by atoms with Crippen LogP contribution in [0.1, 0.15) is 61.8 Å². The first kappa shape index (κ1) is 19.3. The van der Waals surface area contributed by atoms with Crippen LogP contribution < -0.4 is 0 Å². The van der Waals surface area contributed by atoms with Crippen molar-refractivity contribution in [2.24, 2.45) is 0 Å². The fraction of sp³-hybridized carbons (Fsp3) is 0.400. The van der Waals surface area contributed by atoms with Crippen molar-refractivity contribution in [3.05, 3.63) is 70.8 Å². The van der Waals surface area contributed by atoms with Gasteiger partial charge < -0.3 is 0 Å². The van der Waals surface area contributed by atoms with Crippen LogP contribution in [0.5, 0.6) is 0 Å². The summed E-state index contributed by atoms with van der Waals surface area (Å²) in [7, 11) is 0. The van der Waals surface area contributed by atoms with E-state index >= 15 is 0 Å². The Labute approximate surface area is 137 Å². The lowest BCUT2D eigenvalue weighted by atomic mass is 10.0. The molecule has 0 aliphatic carbocycles. The third-order valence-electron chi connectivity index (χ3n) is 3.59. The molecule has 0 radical (unpaired) electrons. The van der Waals surface area contributed by atoms with Gasteiger partial charge in [0.05, 0.1) is 5.56 Å². The van der Waals surface area contributed by atoms with Crippen molar-refractivity contribution in [1.29, 1.82) is 0 Å². The molecule has 0 spiro atoms. The second-order valence-corrected chi connectivity index (χ2v) is 6.35. The molecule has 2 aromatic rings. The lowest BCUT2D eigenvalue weighted by Crippen LogP contribution is -2.05. The molecule has 2 rings (SSSR count). The molecule has 126 valence electrons. The van der Waals surface area contributed by atoms with Gasteiger partial charge >= 0.3 is 6.18 Å². The van der Waals surface area contributed by atoms with Crippen molar-refractivity contribution in [3.8, 4) is 0 Å². The Morgan fingerprint density at radius 1 is 0.739 bits per heavy atom. The van der Waals surface area contributed by atoms with E-state index in [1.54, 1.807) is 6.07 Å². The van der Waals surface area contributed by atoms with Crippen LogP contribution in [0, 0.1) is 6.92 Å². The van der Waals surface area contributed by atoms with Crippen LogP contribution >= 0.6 is 0 Å². The second-order valence-electron chi connectivity index (χ2n) is 6.35. The highest BCUT2D eigenvalue weighted by atomic mass is 19.4. The van der Waals surface area contributed by atoms with Crippen molar-refractivity contribution >= 4 is 0 Å². The molecule has 0 atom stereocenters. The largest absolute Gasteiger partial charge is 0.416 e. The van der Waals surface area contributed by atoms with E-state index in [0.29, 0.717) is 5.92 Å². The number of rotatable bonds is 2. The molecule has 2 aromatic carbocycles. The number of aryl methyl sites for hydroxylation is 1. The van der Waals surface area contributed by atoms with Gasteiger partial charge in [-0.15, -0.1) is 0 Å². The molecule has 0 aliphatic rings. The highest BCUT2D eigenvalue weighted by Crippen LogP contribution is 2.30. The second kappa shape index (κ2) is 8.19. The molecule has 0 fully saturated rings. The van der Waals surface area contributed by atoms with E-state index in [0.717, 1.165) is 11.6 Å². The SMILES string of the molecule is CC(C)c1cccc(C(F)(F)F)c1.Cc1cccc(C(C)C)c1. The number of hydrogen-bond acceptors (Lipinski definition) is 0. The number of halogens is 3. The topological polar surface area (TPSA) is 0 Å². The van der Waals surface area contributed by atoms with Crippen LogP contribution in [-0.4, -0.2) is 0 Å². The molecule has 23 heavy (non-hydrogen) atoms. The van der Waals surface area contributed by atoms with E-state index in [9.17, 15) is 13.2 Å². The van der Waals surface area contributed by atoms with E-state index in [4.69, 9.17) is 0 Å². The summed E-state index contributed by atoms with van der Waals surface area (Å²) in [5.41, 5.74) is 2.93. The van der Waals surface area contributed by atoms with Gasteiger partial charge in [0.1, 0.15) is 0 Å². The zero-order valence-corrected chi connectivity index (χ0v) is 14.4. The minimum Gasteiger partial charge on any atom is -0.166 e. The molecule has 3 heteroatoms. The maximum atomic E-state index is 12.2. The van der Waals surface area contributed by atoms with Crippen LogP contribution in [0.2, 0.25) is 0 Å². The van der Waals surface area contributed by atoms with Crippen LogP contribution in [-0.2, 0) is 6.18 Å². The lowest BCUT2D eigenvalue weighted by Gasteiger charge is -2.10. The number of benzene rings is 2. The minimum atomic E-state index is -4.23. The molecule has 0 saturated heterocycles. The summed E-state index contributed by atoms with van der Waals surface area (Å²) in [6.45, 7) is 10.3. The average Bonchev–Trinajstić information content (AvgIpc) is 2.47. The molecular formula is C20H25F3. The van der Waals surface area contributed by atoms with Gasteiger partial charge in [-0.1, -0.05) is 75.7 Å². The minimum absolute atomic E-state index is 0.127. The summed E-state index contributed by atoms with van der Waals surface area (Å²) >= 11 is 0. The Kier molecular flexibility index (Phi) is 6.86. The molecule has 0 heterocycles. The first-order valence-corrected chi connectivity index (χ1v) is 7.85. The monoisotopic (exact) mass is 322 g/mol. The van der Waals surface area contributed by atoms with Crippen molar-refractivity contribution in [2.75, 3.05) is 0 Å². The average molecular weight is 322 g/mol. The van der Waals surface area contributed by atoms with E-state index in [1.165, 1.54) is 23.3 Å². The fourth-order valence-corrected chi connectivity index (χ4v) is 2.10. The predicted molar refractivity (Wildman–Crippen MR) is 90.8 cm³/mol. The van der Waals surface area contributed by atoms with Gasteiger partial charge in [0.2, 0.25) is 0 Å². The summed E-state index contributed by atoms with van der Waals surface area (Å²) in [5.74, 6) is 0.780. The molecular weight excluding hydrogens is 297 g/mol. The Hall–Kier alpha value is -1.77. The predicted octanol–water partition coefficient (Wildman–Crippen LogP) is 6.95. The maximum Gasteiger partial charge on any atom is 0.416 e. The first-order valence-electron chi connectivity index (χ1n) is 7.85. The quantitative estimate of drug-likeness (QED) is 0.561. The lowest BCUT2D eigenvalue weighted by molar-refractivity contribution is -0.137. The van der Waals surface area contributed by atoms with Crippen LogP contribution in [0.3, 0.4) is 0 Å². The molecule has 0 nitrogen and oxygen atoms in total. The summed E-state index contributed by atoms with van der Waals surface area (Å²) in [6, 6.07) is 14.1. The fourth-order valence-electron chi connectivity index (χ4n) is 2.10. The summed E-state index contributed by atoms with van der Waals surface area (Å²) in [5, 5.41) is 0. The van der Waals surface area contributed by atoms with Crippen molar-refractivity contribution in [2.45, 2.75) is 52.6 Å². The van der Waals surface area contributed by atoms with Gasteiger partial charge in [0.15, 0.2) is 0 Å². The zero-order chi connectivity index (χ0) is 17.6. The zero-order valence-electron chi connectivity index (χ0n) is 14.4. The molecule has 0 bridgehead atoms. The van der Waals surface area contributed by atoms with Crippen LogP contribution in [0.4, 0.5) is 13.2 Å². The smallest absolute Gasteiger partial charge is 0.166 e. The van der Waals surface area contributed by atoms with Gasteiger partial charge in [-0.2, -0.15) is 13.2 Å². The Morgan fingerprint density at radius 2 is 1.22 bits per heavy atom. The third kappa shape index (κ3) is 6.47. The van der Waals surface area contributed by atoms with Gasteiger partial charge in [-0.05, 0) is 36.0 Å². The van der Waals surface area contributed by atoms with Crippen LogP contribution in [0.15, 0.2) is 48.5 Å². The van der Waals surface area contributed by atoms with E-state index in [2.05, 4.69) is 45.0 Å². The molecule has 0 amide bonds. The van der Waals surface area contributed by atoms with Gasteiger partial charge in [0.25, 0.3) is 0 Å². The normalized spacial score (nSPS) is 11.4. The molecule has 0 N–H and O–H groups in total. The van der Waals surface area contributed by atoms with E-state index < -0.39 is 11.7 Å².